The number of rotatable bonds is 12. The van der Waals surface area contributed by atoms with Gasteiger partial charge in [0.25, 0.3) is 10.0 Å². The molecule has 8 nitrogen and oxygen atoms in total. The highest BCUT2D eigenvalue weighted by Gasteiger charge is 2.32. The molecular formula is C31H39N3O5S. The Labute approximate surface area is 238 Å². The van der Waals surface area contributed by atoms with Gasteiger partial charge >= 0.3 is 0 Å². The van der Waals surface area contributed by atoms with Gasteiger partial charge in [-0.25, -0.2) is 8.42 Å². The number of methoxy groups -OCH3 is 1. The van der Waals surface area contributed by atoms with Crippen LogP contribution in [0.25, 0.3) is 0 Å². The Morgan fingerprint density at radius 2 is 1.43 bits per heavy atom. The van der Waals surface area contributed by atoms with E-state index in [1.54, 1.807) is 43.3 Å². The Hall–Kier alpha value is -3.85. The zero-order valence-corrected chi connectivity index (χ0v) is 24.9. The van der Waals surface area contributed by atoms with Crippen LogP contribution in [-0.2, 0) is 26.2 Å². The van der Waals surface area contributed by atoms with Crippen LogP contribution in [-0.4, -0.2) is 50.9 Å². The van der Waals surface area contributed by atoms with Gasteiger partial charge in [-0.2, -0.15) is 0 Å². The fourth-order valence-corrected chi connectivity index (χ4v) is 5.47. The van der Waals surface area contributed by atoms with Crippen molar-refractivity contribution >= 4 is 27.5 Å². The molecule has 0 spiro atoms. The van der Waals surface area contributed by atoms with E-state index in [9.17, 15) is 18.0 Å². The number of nitrogens with one attached hydrogen (secondary N) is 1. The van der Waals surface area contributed by atoms with Gasteiger partial charge < -0.3 is 15.0 Å². The second-order valence-corrected chi connectivity index (χ2v) is 11.9. The van der Waals surface area contributed by atoms with Crippen LogP contribution in [0.5, 0.6) is 5.75 Å². The lowest BCUT2D eigenvalue weighted by molar-refractivity contribution is -0.139. The fraction of sp³-hybridized carbons (Fsp3) is 0.355. The van der Waals surface area contributed by atoms with Crippen LogP contribution in [0.3, 0.4) is 0 Å². The molecule has 214 valence electrons. The molecule has 3 rings (SSSR count). The topological polar surface area (TPSA) is 96.0 Å². The van der Waals surface area contributed by atoms with Crippen molar-refractivity contribution in [2.45, 2.75) is 64.6 Å². The summed E-state index contributed by atoms with van der Waals surface area (Å²) in [5.74, 6) is -0.276. The number of benzene rings is 3. The van der Waals surface area contributed by atoms with Gasteiger partial charge in [0.2, 0.25) is 11.8 Å². The summed E-state index contributed by atoms with van der Waals surface area (Å²) in [6, 6.07) is 19.8. The molecule has 0 aliphatic heterocycles. The summed E-state index contributed by atoms with van der Waals surface area (Å²) in [4.78, 5) is 28.6. The Balaban J connectivity index is 2.01. The third-order valence-corrected chi connectivity index (χ3v) is 8.68. The molecule has 0 aliphatic carbocycles. The van der Waals surface area contributed by atoms with Gasteiger partial charge in [0.05, 0.1) is 17.7 Å². The SMILES string of the molecule is CCC(C)NC(=O)C(C)N(Cc1ccc(C)cc1)C(=O)CN(c1ccc(C)cc1)S(=O)(=O)c1ccc(OC)cc1. The number of hydrogen-bond donors (Lipinski definition) is 1. The summed E-state index contributed by atoms with van der Waals surface area (Å²) >= 11 is 0. The lowest BCUT2D eigenvalue weighted by Crippen LogP contribution is -2.52. The molecular weight excluding hydrogens is 526 g/mol. The highest BCUT2D eigenvalue weighted by atomic mass is 32.2. The smallest absolute Gasteiger partial charge is 0.264 e. The number of nitrogens with zero attached hydrogens (tertiary/aromatic N) is 2. The number of carbonyl (C=O) groups excluding carboxylic acids is 2. The monoisotopic (exact) mass is 565 g/mol. The molecule has 0 radical (unpaired) electrons. The minimum atomic E-state index is -4.14. The van der Waals surface area contributed by atoms with Crippen LogP contribution < -0.4 is 14.4 Å². The summed E-state index contributed by atoms with van der Waals surface area (Å²) < 4.78 is 34.1. The molecule has 3 aromatic carbocycles. The first-order valence-corrected chi connectivity index (χ1v) is 14.8. The molecule has 2 atom stereocenters. The van der Waals surface area contributed by atoms with Crippen molar-refractivity contribution in [1.29, 1.82) is 0 Å². The van der Waals surface area contributed by atoms with Crippen molar-refractivity contribution in [3.05, 3.63) is 89.5 Å². The maximum atomic E-state index is 14.0. The highest BCUT2D eigenvalue weighted by molar-refractivity contribution is 7.92. The normalized spacial score (nSPS) is 12.8. The largest absolute Gasteiger partial charge is 0.497 e. The summed E-state index contributed by atoms with van der Waals surface area (Å²) in [6.45, 7) is 9.07. The molecule has 1 N–H and O–H groups in total. The van der Waals surface area contributed by atoms with E-state index in [4.69, 9.17) is 4.74 Å². The van der Waals surface area contributed by atoms with Gasteiger partial charge in [0.1, 0.15) is 18.3 Å². The van der Waals surface area contributed by atoms with E-state index in [1.165, 1.54) is 24.1 Å². The number of amides is 2. The summed E-state index contributed by atoms with van der Waals surface area (Å²) in [5.41, 5.74) is 3.21. The molecule has 3 aromatic rings. The first kappa shape index (κ1) is 30.7. The van der Waals surface area contributed by atoms with Crippen LogP contribution in [0.1, 0.15) is 43.9 Å². The van der Waals surface area contributed by atoms with Gasteiger partial charge in [-0.1, -0.05) is 54.4 Å². The zero-order valence-electron chi connectivity index (χ0n) is 24.0. The molecule has 0 aliphatic rings. The molecule has 0 fully saturated rings. The van der Waals surface area contributed by atoms with Gasteiger partial charge in [-0.3, -0.25) is 13.9 Å². The van der Waals surface area contributed by atoms with Gasteiger partial charge in [-0.05, 0) is 76.1 Å². The lowest BCUT2D eigenvalue weighted by Gasteiger charge is -2.32. The van der Waals surface area contributed by atoms with E-state index in [-0.39, 0.29) is 23.4 Å². The minimum absolute atomic E-state index is 0.0225. The first-order valence-electron chi connectivity index (χ1n) is 13.3. The Kier molecular flexibility index (Phi) is 10.3. The average molecular weight is 566 g/mol. The number of anilines is 1. The highest BCUT2D eigenvalue weighted by Crippen LogP contribution is 2.26. The van der Waals surface area contributed by atoms with Crippen molar-refractivity contribution < 1.29 is 22.7 Å². The molecule has 40 heavy (non-hydrogen) atoms. The van der Waals surface area contributed by atoms with Crippen LogP contribution in [0.4, 0.5) is 5.69 Å². The number of carbonyl (C=O) groups is 2. The van der Waals surface area contributed by atoms with Crippen LogP contribution in [0.15, 0.2) is 77.7 Å². The van der Waals surface area contributed by atoms with Gasteiger partial charge in [-0.15, -0.1) is 0 Å². The molecule has 0 saturated heterocycles. The number of ether oxygens (including phenoxy) is 1. The average Bonchev–Trinajstić information content (AvgIpc) is 2.95. The van der Waals surface area contributed by atoms with Crippen molar-refractivity contribution in [3.8, 4) is 5.75 Å². The molecule has 2 amide bonds. The van der Waals surface area contributed by atoms with E-state index in [0.717, 1.165) is 27.4 Å². The van der Waals surface area contributed by atoms with E-state index in [0.29, 0.717) is 11.4 Å². The third kappa shape index (κ3) is 7.63. The number of aryl methyl sites for hydroxylation is 2. The lowest BCUT2D eigenvalue weighted by atomic mass is 10.1. The van der Waals surface area contributed by atoms with Crippen LogP contribution in [0.2, 0.25) is 0 Å². The van der Waals surface area contributed by atoms with Crippen LogP contribution in [0, 0.1) is 13.8 Å². The summed E-state index contributed by atoms with van der Waals surface area (Å²) in [5, 5.41) is 2.94. The maximum Gasteiger partial charge on any atom is 0.264 e. The molecule has 0 bridgehead atoms. The van der Waals surface area contributed by atoms with Crippen molar-refractivity contribution in [2.24, 2.45) is 0 Å². The second kappa shape index (κ2) is 13.5. The van der Waals surface area contributed by atoms with Gasteiger partial charge in [0.15, 0.2) is 0 Å². The Morgan fingerprint density at radius 1 is 0.875 bits per heavy atom. The van der Waals surface area contributed by atoms with Crippen molar-refractivity contribution in [3.63, 3.8) is 0 Å². The molecule has 0 aromatic heterocycles. The predicted octanol–water partition coefficient (Wildman–Crippen LogP) is 4.84. The number of sulfonamides is 1. The summed E-state index contributed by atoms with van der Waals surface area (Å²) in [6.07, 6.45) is 0.742. The van der Waals surface area contributed by atoms with Crippen LogP contribution >= 0.6 is 0 Å². The van der Waals surface area contributed by atoms with Gasteiger partial charge in [0, 0.05) is 12.6 Å². The van der Waals surface area contributed by atoms with E-state index >= 15 is 0 Å². The second-order valence-electron chi connectivity index (χ2n) is 10.0. The van der Waals surface area contributed by atoms with Crippen molar-refractivity contribution in [1.82, 2.24) is 10.2 Å². The third-order valence-electron chi connectivity index (χ3n) is 6.89. The first-order chi connectivity index (χ1) is 19.0. The Morgan fingerprint density at radius 3 is 1.95 bits per heavy atom. The van der Waals surface area contributed by atoms with E-state index < -0.39 is 28.5 Å². The molecule has 9 heteroatoms. The van der Waals surface area contributed by atoms with E-state index in [1.807, 2.05) is 52.0 Å². The molecule has 0 heterocycles. The maximum absolute atomic E-state index is 14.0. The minimum Gasteiger partial charge on any atom is -0.497 e. The fourth-order valence-electron chi connectivity index (χ4n) is 4.05. The molecule has 0 saturated carbocycles. The number of hydrogen-bond acceptors (Lipinski definition) is 5. The molecule has 2 unspecified atom stereocenters. The van der Waals surface area contributed by atoms with E-state index in [2.05, 4.69) is 5.32 Å². The van der Waals surface area contributed by atoms with Crippen molar-refractivity contribution in [2.75, 3.05) is 18.0 Å². The Bertz CT molecular complexity index is 1390. The standard InChI is InChI=1S/C31H39N3O5S/c1-7-24(4)32-31(36)25(5)33(20-26-12-8-22(2)9-13-26)30(35)21-34(27-14-10-23(3)11-15-27)40(37,38)29-18-16-28(39-6)17-19-29/h8-19,24-25H,7,20-21H2,1-6H3,(H,32,36). The zero-order chi connectivity index (χ0) is 29.4. The predicted molar refractivity (Wildman–Crippen MR) is 158 cm³/mol. The summed E-state index contributed by atoms with van der Waals surface area (Å²) in [7, 11) is -2.64. The quantitative estimate of drug-likeness (QED) is 0.339.